The molecule has 0 heterocycles. The maximum atomic E-state index is 12.4. The Morgan fingerprint density at radius 1 is 1.14 bits per heavy atom. The van der Waals surface area contributed by atoms with E-state index in [-0.39, 0.29) is 22.9 Å². The van der Waals surface area contributed by atoms with E-state index in [9.17, 15) is 13.2 Å². The highest BCUT2D eigenvalue weighted by Gasteiger charge is 2.24. The SMILES string of the molecule is CN(C)C(=O)c1ccc(S(=O)(=O)NC2CCC(N)CC2)cc1. The minimum atomic E-state index is -3.56. The molecule has 22 heavy (non-hydrogen) atoms. The fourth-order valence-electron chi connectivity index (χ4n) is 2.56. The Kier molecular flexibility index (Phi) is 5.20. The zero-order chi connectivity index (χ0) is 16.3. The van der Waals surface area contributed by atoms with E-state index in [0.29, 0.717) is 5.56 Å². The summed E-state index contributed by atoms with van der Waals surface area (Å²) in [7, 11) is -0.246. The zero-order valence-electron chi connectivity index (χ0n) is 13.0. The molecule has 2 rings (SSSR count). The van der Waals surface area contributed by atoms with Crippen molar-refractivity contribution in [2.45, 2.75) is 42.7 Å². The van der Waals surface area contributed by atoms with Gasteiger partial charge in [0.1, 0.15) is 0 Å². The van der Waals surface area contributed by atoms with Gasteiger partial charge < -0.3 is 10.6 Å². The summed E-state index contributed by atoms with van der Waals surface area (Å²) in [5.41, 5.74) is 6.29. The molecule has 0 aliphatic heterocycles. The number of hydrogen-bond acceptors (Lipinski definition) is 4. The number of benzene rings is 1. The summed E-state index contributed by atoms with van der Waals surface area (Å²) in [6.07, 6.45) is 3.20. The Labute approximate surface area is 131 Å². The van der Waals surface area contributed by atoms with Gasteiger partial charge >= 0.3 is 0 Å². The number of rotatable bonds is 4. The lowest BCUT2D eigenvalue weighted by Gasteiger charge is -2.26. The smallest absolute Gasteiger partial charge is 0.253 e. The Hall–Kier alpha value is -1.44. The van der Waals surface area contributed by atoms with Gasteiger partial charge in [-0.15, -0.1) is 0 Å². The van der Waals surface area contributed by atoms with E-state index in [2.05, 4.69) is 4.72 Å². The van der Waals surface area contributed by atoms with Crippen LogP contribution in [0.3, 0.4) is 0 Å². The van der Waals surface area contributed by atoms with Crippen LogP contribution in [0.15, 0.2) is 29.2 Å². The van der Waals surface area contributed by atoms with Crippen molar-refractivity contribution in [2.24, 2.45) is 5.73 Å². The third kappa shape index (κ3) is 4.06. The van der Waals surface area contributed by atoms with Crippen molar-refractivity contribution in [2.75, 3.05) is 14.1 Å². The quantitative estimate of drug-likeness (QED) is 0.861. The summed E-state index contributed by atoms with van der Waals surface area (Å²) < 4.78 is 27.4. The zero-order valence-corrected chi connectivity index (χ0v) is 13.8. The molecule has 1 fully saturated rings. The lowest BCUT2D eigenvalue weighted by atomic mass is 9.93. The van der Waals surface area contributed by atoms with Crippen molar-refractivity contribution in [1.82, 2.24) is 9.62 Å². The molecule has 3 N–H and O–H groups in total. The monoisotopic (exact) mass is 325 g/mol. The maximum absolute atomic E-state index is 12.4. The second-order valence-electron chi connectivity index (χ2n) is 5.96. The minimum absolute atomic E-state index is 0.0621. The van der Waals surface area contributed by atoms with Gasteiger partial charge in [-0.05, 0) is 49.9 Å². The number of nitrogens with one attached hydrogen (secondary N) is 1. The van der Waals surface area contributed by atoms with Crippen LogP contribution in [0, 0.1) is 0 Å². The second-order valence-corrected chi connectivity index (χ2v) is 7.67. The fourth-order valence-corrected chi connectivity index (χ4v) is 3.86. The number of nitrogens with two attached hydrogens (primary N) is 1. The van der Waals surface area contributed by atoms with Crippen LogP contribution in [0.2, 0.25) is 0 Å². The Balaban J connectivity index is 2.08. The molecule has 1 aliphatic carbocycles. The molecule has 0 aromatic heterocycles. The molecular weight excluding hydrogens is 302 g/mol. The van der Waals surface area contributed by atoms with Gasteiger partial charge in [0, 0.05) is 31.7 Å². The fraction of sp³-hybridized carbons (Fsp3) is 0.533. The molecule has 1 aromatic carbocycles. The molecule has 0 bridgehead atoms. The van der Waals surface area contributed by atoms with Crippen molar-refractivity contribution >= 4 is 15.9 Å². The molecule has 0 atom stereocenters. The summed E-state index contributed by atoms with van der Waals surface area (Å²) in [6.45, 7) is 0. The number of carbonyl (C=O) groups excluding carboxylic acids is 1. The van der Waals surface area contributed by atoms with Crippen LogP contribution in [0.4, 0.5) is 0 Å². The summed E-state index contributed by atoms with van der Waals surface area (Å²) in [5.74, 6) is -0.154. The van der Waals surface area contributed by atoms with Gasteiger partial charge in [0.05, 0.1) is 4.90 Å². The first-order valence-electron chi connectivity index (χ1n) is 7.39. The first-order chi connectivity index (χ1) is 10.3. The van der Waals surface area contributed by atoms with E-state index in [0.717, 1.165) is 25.7 Å². The largest absolute Gasteiger partial charge is 0.345 e. The summed E-state index contributed by atoms with van der Waals surface area (Å²) >= 11 is 0. The van der Waals surface area contributed by atoms with Gasteiger partial charge in [-0.25, -0.2) is 13.1 Å². The number of sulfonamides is 1. The lowest BCUT2D eigenvalue weighted by molar-refractivity contribution is 0.0827. The highest BCUT2D eigenvalue weighted by molar-refractivity contribution is 7.89. The van der Waals surface area contributed by atoms with E-state index < -0.39 is 10.0 Å². The average molecular weight is 325 g/mol. The Morgan fingerprint density at radius 3 is 2.18 bits per heavy atom. The molecule has 7 heteroatoms. The summed E-state index contributed by atoms with van der Waals surface area (Å²) in [6, 6.07) is 6.12. The van der Waals surface area contributed by atoms with Gasteiger partial charge in [0.15, 0.2) is 0 Å². The summed E-state index contributed by atoms with van der Waals surface area (Å²) in [4.78, 5) is 13.4. The van der Waals surface area contributed by atoms with Gasteiger partial charge in [-0.3, -0.25) is 4.79 Å². The van der Waals surface area contributed by atoms with Crippen molar-refractivity contribution in [3.05, 3.63) is 29.8 Å². The molecule has 1 aromatic rings. The standard InChI is InChI=1S/C15H23N3O3S/c1-18(2)15(19)11-3-9-14(10-4-11)22(20,21)17-13-7-5-12(16)6-8-13/h3-4,9-10,12-13,17H,5-8,16H2,1-2H3. The van der Waals surface area contributed by atoms with Crippen LogP contribution < -0.4 is 10.5 Å². The van der Waals surface area contributed by atoms with E-state index >= 15 is 0 Å². The van der Waals surface area contributed by atoms with Crippen LogP contribution >= 0.6 is 0 Å². The van der Waals surface area contributed by atoms with Crippen molar-refractivity contribution in [1.29, 1.82) is 0 Å². The molecule has 1 saturated carbocycles. The minimum Gasteiger partial charge on any atom is -0.345 e. The normalized spacial score (nSPS) is 22.3. The van der Waals surface area contributed by atoms with Gasteiger partial charge in [-0.1, -0.05) is 0 Å². The summed E-state index contributed by atoms with van der Waals surface area (Å²) in [5, 5.41) is 0. The molecule has 0 unspecified atom stereocenters. The van der Waals surface area contributed by atoms with Crippen molar-refractivity contribution in [3.63, 3.8) is 0 Å². The van der Waals surface area contributed by atoms with E-state index in [1.54, 1.807) is 14.1 Å². The molecule has 1 amide bonds. The molecular formula is C15H23N3O3S. The number of hydrogen-bond donors (Lipinski definition) is 2. The van der Waals surface area contributed by atoms with E-state index in [1.807, 2.05) is 0 Å². The third-order valence-corrected chi connectivity index (χ3v) is 5.45. The van der Waals surface area contributed by atoms with Gasteiger partial charge in [-0.2, -0.15) is 0 Å². The maximum Gasteiger partial charge on any atom is 0.253 e. The highest BCUT2D eigenvalue weighted by atomic mass is 32.2. The molecule has 0 saturated heterocycles. The van der Waals surface area contributed by atoms with Crippen LogP contribution in [-0.4, -0.2) is 45.4 Å². The molecule has 6 nitrogen and oxygen atoms in total. The van der Waals surface area contributed by atoms with Crippen molar-refractivity contribution in [3.8, 4) is 0 Å². The number of carbonyl (C=O) groups is 1. The molecule has 1 aliphatic rings. The average Bonchev–Trinajstić information content (AvgIpc) is 2.48. The number of nitrogens with zero attached hydrogens (tertiary/aromatic N) is 1. The number of amides is 1. The first-order valence-corrected chi connectivity index (χ1v) is 8.87. The third-order valence-electron chi connectivity index (χ3n) is 3.91. The van der Waals surface area contributed by atoms with Crippen LogP contribution in [-0.2, 0) is 10.0 Å². The topological polar surface area (TPSA) is 92.5 Å². The Morgan fingerprint density at radius 2 is 1.68 bits per heavy atom. The van der Waals surface area contributed by atoms with E-state index in [1.165, 1.54) is 29.2 Å². The first kappa shape index (κ1) is 16.9. The van der Waals surface area contributed by atoms with E-state index in [4.69, 9.17) is 5.73 Å². The van der Waals surface area contributed by atoms with Crippen LogP contribution in [0.1, 0.15) is 36.0 Å². The van der Waals surface area contributed by atoms with Gasteiger partial charge in [0.25, 0.3) is 5.91 Å². The van der Waals surface area contributed by atoms with Gasteiger partial charge in [0.2, 0.25) is 10.0 Å². The predicted octanol–water partition coefficient (Wildman–Crippen LogP) is 0.937. The van der Waals surface area contributed by atoms with Crippen molar-refractivity contribution < 1.29 is 13.2 Å². The van der Waals surface area contributed by atoms with Crippen LogP contribution in [0.25, 0.3) is 0 Å². The highest BCUT2D eigenvalue weighted by Crippen LogP contribution is 2.20. The second kappa shape index (κ2) is 6.76. The predicted molar refractivity (Wildman–Crippen MR) is 85.0 cm³/mol. The molecule has 122 valence electrons. The van der Waals surface area contributed by atoms with Crippen LogP contribution in [0.5, 0.6) is 0 Å². The lowest BCUT2D eigenvalue weighted by Crippen LogP contribution is -2.40. The molecule has 0 radical (unpaired) electrons. The molecule has 0 spiro atoms. The Bertz CT molecular complexity index is 618.